The highest BCUT2D eigenvalue weighted by Gasteiger charge is 2.04. The Hall–Kier alpha value is -1.57. The molecule has 78 valence electrons. The molecular formula is C6H9N3O4S. The third-order valence-electron chi connectivity index (χ3n) is 1.28. The van der Waals surface area contributed by atoms with Gasteiger partial charge in [-0.1, -0.05) is 0 Å². The average Bonchev–Trinajstić information content (AvgIpc) is 2.16. The van der Waals surface area contributed by atoms with Gasteiger partial charge in [0.15, 0.2) is 0 Å². The Kier molecular flexibility index (Phi) is 3.46. The normalized spacial score (nSPS) is 9.93. The smallest absolute Gasteiger partial charge is 0.321 e. The number of anilines is 1. The molecule has 0 unspecified atom stereocenters. The highest BCUT2D eigenvalue weighted by Crippen LogP contribution is 2.16. The number of methoxy groups -OCH3 is 2. The van der Waals surface area contributed by atoms with Crippen LogP contribution < -0.4 is 14.2 Å². The van der Waals surface area contributed by atoms with E-state index in [1.54, 1.807) is 0 Å². The van der Waals surface area contributed by atoms with E-state index < -0.39 is 10.9 Å². The van der Waals surface area contributed by atoms with Crippen LogP contribution in [0.15, 0.2) is 6.07 Å². The van der Waals surface area contributed by atoms with E-state index in [0.717, 1.165) is 0 Å². The molecule has 1 heterocycles. The lowest BCUT2D eigenvalue weighted by Crippen LogP contribution is -2.02. The van der Waals surface area contributed by atoms with Crippen molar-refractivity contribution < 1.29 is 17.9 Å². The molecule has 0 aliphatic carbocycles. The van der Waals surface area contributed by atoms with Gasteiger partial charge in [0, 0.05) is 6.07 Å². The molecule has 0 radical (unpaired) electrons. The third-order valence-corrected chi connectivity index (χ3v) is 1.69. The van der Waals surface area contributed by atoms with Crippen molar-refractivity contribution in [3.05, 3.63) is 6.07 Å². The maximum absolute atomic E-state index is 10.4. The highest BCUT2D eigenvalue weighted by atomic mass is 32.2. The summed E-state index contributed by atoms with van der Waals surface area (Å²) in [6.07, 6.45) is 0. The predicted molar refractivity (Wildman–Crippen MR) is 49.1 cm³/mol. The summed E-state index contributed by atoms with van der Waals surface area (Å²) in [7, 11) is 0.0134. The molecule has 14 heavy (non-hydrogen) atoms. The van der Waals surface area contributed by atoms with E-state index in [4.69, 9.17) is 9.47 Å². The van der Waals surface area contributed by atoms with Crippen molar-refractivity contribution >= 4 is 16.7 Å². The fraction of sp³-hybridized carbons (Fsp3) is 0.333. The van der Waals surface area contributed by atoms with Gasteiger partial charge in [-0.2, -0.15) is 9.97 Å². The Morgan fingerprint density at radius 2 is 2.00 bits per heavy atom. The van der Waals surface area contributed by atoms with Crippen molar-refractivity contribution in [2.24, 2.45) is 0 Å². The predicted octanol–water partition coefficient (Wildman–Crippen LogP) is -0.568. The van der Waals surface area contributed by atoms with Crippen LogP contribution in [0.1, 0.15) is 0 Å². The van der Waals surface area contributed by atoms with Crippen LogP contribution in [0.25, 0.3) is 0 Å². The highest BCUT2D eigenvalue weighted by molar-refractivity contribution is 7.73. The van der Waals surface area contributed by atoms with E-state index in [1.807, 2.05) is 0 Å². The molecule has 0 saturated heterocycles. The van der Waals surface area contributed by atoms with E-state index in [1.165, 1.54) is 20.3 Å². The van der Waals surface area contributed by atoms with Gasteiger partial charge < -0.3 is 9.47 Å². The van der Waals surface area contributed by atoms with Gasteiger partial charge in [-0.05, 0) is 0 Å². The molecule has 0 bridgehead atoms. The largest absolute Gasteiger partial charge is 0.481 e. The fourth-order valence-corrected chi connectivity index (χ4v) is 1.05. The second-order valence-electron chi connectivity index (χ2n) is 2.15. The molecular weight excluding hydrogens is 210 g/mol. The number of hydrogen-bond acceptors (Lipinski definition) is 6. The molecule has 0 amide bonds. The molecule has 0 atom stereocenters. The first-order valence-electron chi connectivity index (χ1n) is 3.54. The lowest BCUT2D eigenvalue weighted by atomic mass is 10.6. The Labute approximate surface area is 82.2 Å². The molecule has 0 saturated carbocycles. The average molecular weight is 219 g/mol. The Balaban J connectivity index is 3.03. The minimum absolute atomic E-state index is 0.0312. The molecule has 1 aromatic heterocycles. The van der Waals surface area contributed by atoms with Crippen LogP contribution in [-0.2, 0) is 10.9 Å². The van der Waals surface area contributed by atoms with E-state index >= 15 is 0 Å². The molecule has 8 heteroatoms. The quantitative estimate of drug-likeness (QED) is 0.659. The first-order valence-corrected chi connectivity index (χ1v) is 4.71. The maximum Gasteiger partial charge on any atom is 0.321 e. The van der Waals surface area contributed by atoms with Crippen molar-refractivity contribution in [3.63, 3.8) is 0 Å². The molecule has 0 aliphatic rings. The molecule has 1 rings (SSSR count). The summed E-state index contributed by atoms with van der Waals surface area (Å²) in [6, 6.07) is 1.37. The monoisotopic (exact) mass is 219 g/mol. The topological polar surface area (TPSA) is 90.4 Å². The number of thiol groups is 1. The number of nitrogens with zero attached hydrogens (tertiary/aromatic N) is 2. The SMILES string of the molecule is COc1cc(N[SH](=O)=O)nc(OC)n1. The Morgan fingerprint density at radius 1 is 1.29 bits per heavy atom. The summed E-state index contributed by atoms with van der Waals surface area (Å²) in [5, 5.41) is 0. The summed E-state index contributed by atoms with van der Waals surface area (Å²) >= 11 is 0. The van der Waals surface area contributed by atoms with Crippen molar-refractivity contribution in [2.45, 2.75) is 0 Å². The minimum atomic E-state index is -2.76. The molecule has 7 nitrogen and oxygen atoms in total. The minimum Gasteiger partial charge on any atom is -0.481 e. The van der Waals surface area contributed by atoms with Crippen LogP contribution in [0, 0.1) is 0 Å². The Bertz CT molecular complexity index is 362. The second kappa shape index (κ2) is 4.61. The lowest BCUT2D eigenvalue weighted by Gasteiger charge is -2.04. The molecule has 0 aromatic carbocycles. The van der Waals surface area contributed by atoms with Crippen molar-refractivity contribution in [1.82, 2.24) is 9.97 Å². The summed E-state index contributed by atoms with van der Waals surface area (Å²) in [4.78, 5) is 7.52. The molecule has 0 fully saturated rings. The van der Waals surface area contributed by atoms with Gasteiger partial charge in [0.05, 0.1) is 14.2 Å². The van der Waals surface area contributed by atoms with Crippen molar-refractivity contribution in [3.8, 4) is 11.9 Å². The van der Waals surface area contributed by atoms with Crippen LogP contribution >= 0.6 is 0 Å². The summed E-state index contributed by atoms with van der Waals surface area (Å²) in [5.41, 5.74) is 0. The van der Waals surface area contributed by atoms with Gasteiger partial charge in [0.2, 0.25) is 16.8 Å². The van der Waals surface area contributed by atoms with Gasteiger partial charge >= 0.3 is 6.01 Å². The van der Waals surface area contributed by atoms with Crippen LogP contribution in [0.4, 0.5) is 5.82 Å². The molecule has 1 aromatic rings. The van der Waals surface area contributed by atoms with E-state index in [9.17, 15) is 8.42 Å². The standard InChI is InChI=1S/C6H9N3O4S/c1-12-5-3-4(9-14(10)11)7-6(8-5)13-2/h3,14H,1-2H3,(H,7,8,9,10,11). The number of ether oxygens (including phenoxy) is 2. The molecule has 1 N–H and O–H groups in total. The number of aromatic nitrogens is 2. The maximum atomic E-state index is 10.4. The van der Waals surface area contributed by atoms with Crippen molar-refractivity contribution in [1.29, 1.82) is 0 Å². The zero-order valence-electron chi connectivity index (χ0n) is 7.55. The summed E-state index contributed by atoms with van der Waals surface area (Å²) < 4.78 is 32.4. The van der Waals surface area contributed by atoms with E-state index in [0.29, 0.717) is 0 Å². The Morgan fingerprint density at radius 3 is 2.50 bits per heavy atom. The second-order valence-corrected chi connectivity index (χ2v) is 2.89. The van der Waals surface area contributed by atoms with Crippen LogP contribution in [0.5, 0.6) is 11.9 Å². The summed E-state index contributed by atoms with van der Waals surface area (Å²) in [6.45, 7) is 0. The van der Waals surface area contributed by atoms with Crippen LogP contribution in [0.3, 0.4) is 0 Å². The number of hydrogen-bond donors (Lipinski definition) is 2. The zero-order valence-corrected chi connectivity index (χ0v) is 8.45. The first-order chi connectivity index (χ1) is 6.65. The van der Waals surface area contributed by atoms with Gasteiger partial charge in [-0.3, -0.25) is 4.72 Å². The van der Waals surface area contributed by atoms with Gasteiger partial charge in [0.1, 0.15) is 5.82 Å². The lowest BCUT2D eigenvalue weighted by molar-refractivity contribution is 0.353. The van der Waals surface area contributed by atoms with Crippen LogP contribution in [-0.4, -0.2) is 32.6 Å². The van der Waals surface area contributed by atoms with E-state index in [-0.39, 0.29) is 17.7 Å². The molecule has 0 spiro atoms. The van der Waals surface area contributed by atoms with E-state index in [2.05, 4.69) is 14.7 Å². The van der Waals surface area contributed by atoms with Crippen molar-refractivity contribution in [2.75, 3.05) is 18.9 Å². The molecule has 0 aliphatic heterocycles. The fourth-order valence-electron chi connectivity index (χ4n) is 0.750. The zero-order chi connectivity index (χ0) is 10.6. The summed E-state index contributed by atoms with van der Waals surface area (Å²) in [5.74, 6) is 0.320. The first kappa shape index (κ1) is 10.5. The van der Waals surface area contributed by atoms with Gasteiger partial charge in [0.25, 0.3) is 0 Å². The third kappa shape index (κ3) is 2.73. The number of rotatable bonds is 4. The number of nitrogens with one attached hydrogen (secondary N) is 1. The van der Waals surface area contributed by atoms with Gasteiger partial charge in [-0.25, -0.2) is 8.42 Å². The van der Waals surface area contributed by atoms with Crippen LogP contribution in [0.2, 0.25) is 0 Å². The van der Waals surface area contributed by atoms with Gasteiger partial charge in [-0.15, -0.1) is 0 Å².